The van der Waals surface area contributed by atoms with Crippen LogP contribution in [0, 0.1) is 0 Å². The van der Waals surface area contributed by atoms with Gasteiger partial charge >= 0.3 is 0 Å². The van der Waals surface area contributed by atoms with Crippen molar-refractivity contribution < 1.29 is 4.79 Å². The zero-order valence-electron chi connectivity index (χ0n) is 12.3. The quantitative estimate of drug-likeness (QED) is 0.684. The lowest BCUT2D eigenvalue weighted by Gasteiger charge is -2.10. The maximum atomic E-state index is 11.1. The fourth-order valence-electron chi connectivity index (χ4n) is 1.60. The summed E-state index contributed by atoms with van der Waals surface area (Å²) in [4.78, 5) is 13.2. The zero-order chi connectivity index (χ0) is 15.0. The van der Waals surface area contributed by atoms with Crippen LogP contribution in [-0.2, 0) is 0 Å². The van der Waals surface area contributed by atoms with E-state index < -0.39 is 0 Å². The van der Waals surface area contributed by atoms with Gasteiger partial charge in [0.1, 0.15) is 0 Å². The zero-order valence-corrected chi connectivity index (χ0v) is 12.3. The first-order chi connectivity index (χ1) is 9.54. The van der Waals surface area contributed by atoms with E-state index in [1.165, 1.54) is 5.69 Å². The van der Waals surface area contributed by atoms with Crippen LogP contribution < -0.4 is 10.6 Å². The Kier molecular flexibility index (Phi) is 6.30. The molecule has 0 bridgehead atoms. The Morgan fingerprint density at radius 2 is 1.55 bits per heavy atom. The molecule has 0 aromatic heterocycles. The van der Waals surface area contributed by atoms with Crippen LogP contribution in [-0.4, -0.2) is 19.9 Å². The van der Waals surface area contributed by atoms with Crippen LogP contribution in [0.3, 0.4) is 0 Å². The van der Waals surface area contributed by atoms with Gasteiger partial charge in [-0.3, -0.25) is 4.79 Å². The van der Waals surface area contributed by atoms with Crippen molar-refractivity contribution in [3.05, 3.63) is 60.2 Å². The molecule has 0 atom stereocenters. The number of carbonyl (C=O) groups excluding carboxylic acids is 1. The fraction of sp³-hybridized carbons (Fsp3) is 0.235. The van der Waals surface area contributed by atoms with Gasteiger partial charge in [0.15, 0.2) is 5.78 Å². The highest BCUT2D eigenvalue weighted by molar-refractivity contribution is 5.96. The highest BCUT2D eigenvalue weighted by Gasteiger charge is 2.00. The number of nitrogens with two attached hydrogens (primary N) is 1. The molecule has 2 aromatic rings. The third kappa shape index (κ3) is 5.14. The molecule has 0 aliphatic carbocycles. The highest BCUT2D eigenvalue weighted by atomic mass is 16.1. The number of hydrogen-bond acceptors (Lipinski definition) is 3. The summed E-state index contributed by atoms with van der Waals surface area (Å²) in [6, 6.07) is 17.2. The summed E-state index contributed by atoms with van der Waals surface area (Å²) < 4.78 is 0. The van der Waals surface area contributed by atoms with Crippen LogP contribution in [0.15, 0.2) is 54.6 Å². The van der Waals surface area contributed by atoms with Gasteiger partial charge in [0.2, 0.25) is 0 Å². The van der Waals surface area contributed by atoms with Crippen LogP contribution >= 0.6 is 0 Å². The molecule has 2 rings (SSSR count). The summed E-state index contributed by atoms with van der Waals surface area (Å²) in [5.41, 5.74) is 8.13. The lowest BCUT2D eigenvalue weighted by atomic mass is 10.1. The van der Waals surface area contributed by atoms with Crippen LogP contribution in [0.25, 0.3) is 0 Å². The molecule has 0 aliphatic rings. The summed E-state index contributed by atoms with van der Waals surface area (Å²) in [6.07, 6.45) is 0.546. The van der Waals surface area contributed by atoms with Crippen LogP contribution in [0.4, 0.5) is 11.4 Å². The molecule has 0 saturated heterocycles. The largest absolute Gasteiger partial charge is 0.399 e. The Labute approximate surface area is 121 Å². The smallest absolute Gasteiger partial charge is 0.162 e. The number of benzene rings is 2. The second kappa shape index (κ2) is 8.00. The summed E-state index contributed by atoms with van der Waals surface area (Å²) in [5, 5.41) is 0. The number of para-hydroxylation sites is 1. The molecule has 0 radical (unpaired) electrons. The van der Waals surface area contributed by atoms with Gasteiger partial charge in [0, 0.05) is 37.5 Å². The minimum absolute atomic E-state index is 0.157. The van der Waals surface area contributed by atoms with E-state index in [0.717, 1.165) is 5.56 Å². The molecule has 2 aromatic carbocycles. The number of nitrogens with zero attached hydrogens (tertiary/aromatic N) is 1. The molecule has 0 heterocycles. The number of carbonyl (C=O) groups is 1. The van der Waals surface area contributed by atoms with Crippen molar-refractivity contribution in [2.45, 2.75) is 13.3 Å². The average Bonchev–Trinajstić information content (AvgIpc) is 2.49. The Balaban J connectivity index is 0.000000204. The molecule has 0 fully saturated rings. The van der Waals surface area contributed by atoms with Crippen LogP contribution in [0.1, 0.15) is 23.7 Å². The van der Waals surface area contributed by atoms with Gasteiger partial charge < -0.3 is 10.6 Å². The Hall–Kier alpha value is -2.29. The van der Waals surface area contributed by atoms with Gasteiger partial charge in [-0.05, 0) is 36.4 Å². The summed E-state index contributed by atoms with van der Waals surface area (Å²) in [6.45, 7) is 1.85. The third-order valence-electron chi connectivity index (χ3n) is 2.83. The first kappa shape index (κ1) is 15.8. The second-order valence-electron chi connectivity index (χ2n) is 4.63. The van der Waals surface area contributed by atoms with E-state index in [1.54, 1.807) is 24.3 Å². The van der Waals surface area contributed by atoms with Crippen LogP contribution in [0.5, 0.6) is 0 Å². The number of Topliss-reactive ketones (excluding diaryl/α,β-unsaturated/α-hetero) is 1. The van der Waals surface area contributed by atoms with Gasteiger partial charge in [-0.1, -0.05) is 25.1 Å². The van der Waals surface area contributed by atoms with Crippen molar-refractivity contribution in [1.29, 1.82) is 0 Å². The minimum atomic E-state index is 0.157. The first-order valence-corrected chi connectivity index (χ1v) is 6.65. The van der Waals surface area contributed by atoms with E-state index in [0.29, 0.717) is 12.1 Å². The molecule has 0 spiro atoms. The first-order valence-electron chi connectivity index (χ1n) is 6.65. The molecule has 20 heavy (non-hydrogen) atoms. The summed E-state index contributed by atoms with van der Waals surface area (Å²) >= 11 is 0. The van der Waals surface area contributed by atoms with E-state index in [2.05, 4.69) is 17.0 Å². The summed E-state index contributed by atoms with van der Waals surface area (Å²) in [5.74, 6) is 0.157. The minimum Gasteiger partial charge on any atom is -0.399 e. The average molecular weight is 270 g/mol. The molecular formula is C17H22N2O. The third-order valence-corrected chi connectivity index (χ3v) is 2.83. The fourth-order valence-corrected chi connectivity index (χ4v) is 1.60. The number of ketones is 1. The molecule has 0 amide bonds. The van der Waals surface area contributed by atoms with Gasteiger partial charge in [-0.25, -0.2) is 0 Å². The van der Waals surface area contributed by atoms with Crippen molar-refractivity contribution in [2.24, 2.45) is 0 Å². The van der Waals surface area contributed by atoms with Gasteiger partial charge in [-0.2, -0.15) is 0 Å². The van der Waals surface area contributed by atoms with Crippen LogP contribution in [0.2, 0.25) is 0 Å². The van der Waals surface area contributed by atoms with E-state index in [1.807, 2.05) is 39.2 Å². The molecular weight excluding hydrogens is 248 g/mol. The molecule has 0 unspecified atom stereocenters. The van der Waals surface area contributed by atoms with Crippen molar-refractivity contribution in [1.82, 2.24) is 0 Å². The monoisotopic (exact) mass is 270 g/mol. The van der Waals surface area contributed by atoms with Crippen molar-refractivity contribution in [3.63, 3.8) is 0 Å². The molecule has 2 N–H and O–H groups in total. The Bertz CT molecular complexity index is 518. The number of anilines is 2. The van der Waals surface area contributed by atoms with Gasteiger partial charge in [0.05, 0.1) is 0 Å². The van der Waals surface area contributed by atoms with Crippen molar-refractivity contribution in [2.75, 3.05) is 24.7 Å². The lowest BCUT2D eigenvalue weighted by Crippen LogP contribution is -2.07. The molecule has 3 heteroatoms. The molecule has 3 nitrogen and oxygen atoms in total. The molecule has 106 valence electrons. The lowest BCUT2D eigenvalue weighted by molar-refractivity contribution is 0.0988. The van der Waals surface area contributed by atoms with Crippen molar-refractivity contribution in [3.8, 4) is 0 Å². The molecule has 0 aliphatic heterocycles. The van der Waals surface area contributed by atoms with Crippen molar-refractivity contribution >= 4 is 17.2 Å². The maximum Gasteiger partial charge on any atom is 0.162 e. The normalized spacial score (nSPS) is 9.35. The number of nitrogen functional groups attached to an aromatic ring is 1. The number of hydrogen-bond donors (Lipinski definition) is 1. The predicted molar refractivity (Wildman–Crippen MR) is 86.2 cm³/mol. The van der Waals surface area contributed by atoms with Gasteiger partial charge in [0.25, 0.3) is 0 Å². The van der Waals surface area contributed by atoms with Gasteiger partial charge in [-0.15, -0.1) is 0 Å². The predicted octanol–water partition coefficient (Wildman–Crippen LogP) is 3.61. The second-order valence-corrected chi connectivity index (χ2v) is 4.63. The maximum absolute atomic E-state index is 11.1. The van der Waals surface area contributed by atoms with E-state index in [4.69, 9.17) is 5.73 Å². The van der Waals surface area contributed by atoms with E-state index >= 15 is 0 Å². The standard InChI is InChI=1S/C9H11NO.C8H11N/c1-2-9(11)7-3-5-8(10)6-4-7;1-9(2)8-6-4-3-5-7-8/h3-6H,2,10H2,1H3;3-7H,1-2H3. The molecule has 0 saturated carbocycles. The van der Waals surface area contributed by atoms with E-state index in [-0.39, 0.29) is 5.78 Å². The Morgan fingerprint density at radius 3 is 1.95 bits per heavy atom. The highest BCUT2D eigenvalue weighted by Crippen LogP contribution is 2.08. The number of rotatable bonds is 3. The SMILES string of the molecule is CCC(=O)c1ccc(N)cc1.CN(C)c1ccccc1. The topological polar surface area (TPSA) is 46.3 Å². The Morgan fingerprint density at radius 1 is 1.00 bits per heavy atom. The van der Waals surface area contributed by atoms with E-state index in [9.17, 15) is 4.79 Å². The summed E-state index contributed by atoms with van der Waals surface area (Å²) in [7, 11) is 4.07.